The molecule has 0 aliphatic heterocycles. The molecular weight excluding hydrogens is 306 g/mol. The summed E-state index contributed by atoms with van der Waals surface area (Å²) in [6.07, 6.45) is 6.06. The highest BCUT2D eigenvalue weighted by atomic mass is 35.5. The number of nitrogens with one attached hydrogen (secondary N) is 3. The van der Waals surface area contributed by atoms with Crippen LogP contribution in [0.3, 0.4) is 0 Å². The number of unbranched alkanes of at least 4 members (excludes halogenated alkanes) is 2. The van der Waals surface area contributed by atoms with Gasteiger partial charge in [-0.05, 0) is 30.5 Å². The van der Waals surface area contributed by atoms with Crippen molar-refractivity contribution in [1.82, 2.24) is 16.3 Å². The number of amides is 2. The van der Waals surface area contributed by atoms with Gasteiger partial charge in [0, 0.05) is 24.1 Å². The minimum Gasteiger partial charge on any atom is -0.306 e. The molecule has 120 valence electrons. The third-order valence-electron chi connectivity index (χ3n) is 2.90. The monoisotopic (exact) mass is 325 g/mol. The third kappa shape index (κ3) is 7.66. The lowest BCUT2D eigenvalue weighted by atomic mass is 10.1. The molecule has 0 heterocycles. The standard InChI is InChI=1S/C15H20ClN3O3/c16-13-7-5-4-6-12(13)10-11-17-18-14(20)8-2-1-3-9-15(21)19-22/h4-7,10-11,17,22H,1-3,8-9H2,(H,18,20)(H,19,21)/b11-10+. The fraction of sp³-hybridized carbons (Fsp3) is 0.333. The Morgan fingerprint density at radius 1 is 1.09 bits per heavy atom. The number of benzene rings is 1. The SMILES string of the molecule is O=C(CCCCCC(=O)NN/C=C/c1ccccc1Cl)NO. The van der Waals surface area contributed by atoms with E-state index in [0.29, 0.717) is 24.3 Å². The Balaban J connectivity index is 2.11. The molecule has 0 radical (unpaired) electrons. The largest absolute Gasteiger partial charge is 0.306 e. The van der Waals surface area contributed by atoms with Crippen LogP contribution in [0.2, 0.25) is 5.02 Å². The maximum Gasteiger partial charge on any atom is 0.243 e. The molecule has 0 spiro atoms. The number of hydrogen-bond acceptors (Lipinski definition) is 4. The minimum atomic E-state index is -0.407. The Morgan fingerprint density at radius 2 is 1.77 bits per heavy atom. The van der Waals surface area contributed by atoms with Crippen molar-refractivity contribution in [2.24, 2.45) is 0 Å². The van der Waals surface area contributed by atoms with Crippen LogP contribution in [0.25, 0.3) is 6.08 Å². The van der Waals surface area contributed by atoms with Gasteiger partial charge in [0.1, 0.15) is 0 Å². The van der Waals surface area contributed by atoms with Gasteiger partial charge in [-0.1, -0.05) is 36.2 Å². The van der Waals surface area contributed by atoms with Gasteiger partial charge >= 0.3 is 0 Å². The summed E-state index contributed by atoms with van der Waals surface area (Å²) in [6, 6.07) is 7.38. The number of rotatable bonds is 9. The predicted octanol–water partition coefficient (Wildman–Crippen LogP) is 2.39. The van der Waals surface area contributed by atoms with E-state index in [2.05, 4.69) is 10.9 Å². The summed E-state index contributed by atoms with van der Waals surface area (Å²) >= 11 is 5.99. The van der Waals surface area contributed by atoms with Gasteiger partial charge in [-0.15, -0.1) is 0 Å². The van der Waals surface area contributed by atoms with Gasteiger partial charge in [-0.2, -0.15) is 0 Å². The summed E-state index contributed by atoms with van der Waals surface area (Å²) in [4.78, 5) is 22.3. The van der Waals surface area contributed by atoms with Crippen LogP contribution in [0.1, 0.15) is 37.7 Å². The van der Waals surface area contributed by atoms with E-state index in [0.717, 1.165) is 12.0 Å². The molecule has 1 aromatic carbocycles. The molecule has 0 aromatic heterocycles. The lowest BCUT2D eigenvalue weighted by molar-refractivity contribution is -0.129. The van der Waals surface area contributed by atoms with E-state index >= 15 is 0 Å². The smallest absolute Gasteiger partial charge is 0.243 e. The van der Waals surface area contributed by atoms with Crippen LogP contribution in [0.4, 0.5) is 0 Å². The van der Waals surface area contributed by atoms with Crippen LogP contribution >= 0.6 is 11.6 Å². The van der Waals surface area contributed by atoms with E-state index < -0.39 is 5.91 Å². The predicted molar refractivity (Wildman–Crippen MR) is 84.8 cm³/mol. The zero-order valence-corrected chi connectivity index (χ0v) is 12.9. The molecule has 6 nitrogen and oxygen atoms in total. The van der Waals surface area contributed by atoms with Crippen molar-refractivity contribution in [3.63, 3.8) is 0 Å². The van der Waals surface area contributed by atoms with Gasteiger partial charge in [-0.3, -0.25) is 20.2 Å². The summed E-state index contributed by atoms with van der Waals surface area (Å²) < 4.78 is 0. The zero-order chi connectivity index (χ0) is 16.2. The van der Waals surface area contributed by atoms with Crippen molar-refractivity contribution in [1.29, 1.82) is 0 Å². The molecular formula is C15H20ClN3O3. The van der Waals surface area contributed by atoms with Crippen LogP contribution < -0.4 is 16.3 Å². The fourth-order valence-electron chi connectivity index (χ4n) is 1.73. The first kappa shape index (κ1) is 18.0. The molecule has 0 aliphatic rings. The van der Waals surface area contributed by atoms with Crippen molar-refractivity contribution in [3.05, 3.63) is 41.1 Å². The van der Waals surface area contributed by atoms with Crippen LogP contribution in [0.5, 0.6) is 0 Å². The second kappa shape index (κ2) is 10.6. The van der Waals surface area contributed by atoms with E-state index in [1.807, 2.05) is 18.2 Å². The summed E-state index contributed by atoms with van der Waals surface area (Å²) in [5, 5.41) is 8.95. The minimum absolute atomic E-state index is 0.129. The molecule has 0 saturated carbocycles. The first-order valence-corrected chi connectivity index (χ1v) is 7.39. The third-order valence-corrected chi connectivity index (χ3v) is 3.24. The van der Waals surface area contributed by atoms with Gasteiger partial charge in [-0.25, -0.2) is 5.48 Å². The second-order valence-corrected chi connectivity index (χ2v) is 5.05. The summed E-state index contributed by atoms with van der Waals surface area (Å²) in [5.41, 5.74) is 7.66. The van der Waals surface area contributed by atoms with E-state index in [4.69, 9.17) is 16.8 Å². The van der Waals surface area contributed by atoms with Crippen molar-refractivity contribution in [2.75, 3.05) is 0 Å². The Labute approximate surface area is 134 Å². The maximum absolute atomic E-state index is 11.5. The summed E-state index contributed by atoms with van der Waals surface area (Å²) in [7, 11) is 0. The zero-order valence-electron chi connectivity index (χ0n) is 12.1. The molecule has 0 atom stereocenters. The molecule has 2 amide bonds. The molecule has 0 fully saturated rings. The molecule has 0 bridgehead atoms. The Morgan fingerprint density at radius 3 is 2.45 bits per heavy atom. The topological polar surface area (TPSA) is 90.5 Å². The summed E-state index contributed by atoms with van der Waals surface area (Å²) in [6.45, 7) is 0. The van der Waals surface area contributed by atoms with Crippen molar-refractivity contribution >= 4 is 29.5 Å². The van der Waals surface area contributed by atoms with Crippen LogP contribution in [-0.4, -0.2) is 17.0 Å². The van der Waals surface area contributed by atoms with Gasteiger partial charge in [0.25, 0.3) is 0 Å². The molecule has 0 unspecified atom stereocenters. The van der Waals surface area contributed by atoms with E-state index in [-0.39, 0.29) is 12.3 Å². The van der Waals surface area contributed by atoms with Crippen LogP contribution in [-0.2, 0) is 9.59 Å². The van der Waals surface area contributed by atoms with Gasteiger partial charge < -0.3 is 5.43 Å². The van der Waals surface area contributed by atoms with E-state index in [9.17, 15) is 9.59 Å². The summed E-state index contributed by atoms with van der Waals surface area (Å²) in [5.74, 6) is -0.536. The Hall–Kier alpha value is -2.05. The molecule has 1 aromatic rings. The second-order valence-electron chi connectivity index (χ2n) is 4.64. The molecule has 0 saturated heterocycles. The number of hydrazine groups is 1. The molecule has 22 heavy (non-hydrogen) atoms. The average Bonchev–Trinajstić information content (AvgIpc) is 2.52. The highest BCUT2D eigenvalue weighted by Crippen LogP contribution is 2.15. The first-order chi connectivity index (χ1) is 10.6. The van der Waals surface area contributed by atoms with Gasteiger partial charge in [0.2, 0.25) is 11.8 Å². The van der Waals surface area contributed by atoms with Crippen molar-refractivity contribution < 1.29 is 14.8 Å². The van der Waals surface area contributed by atoms with Gasteiger partial charge in [0.15, 0.2) is 0 Å². The quantitative estimate of drug-likeness (QED) is 0.319. The fourth-order valence-corrected chi connectivity index (χ4v) is 1.93. The number of carbonyl (C=O) groups excluding carboxylic acids is 2. The normalized spacial score (nSPS) is 10.5. The molecule has 4 N–H and O–H groups in total. The maximum atomic E-state index is 11.5. The lowest BCUT2D eigenvalue weighted by Gasteiger charge is -2.04. The average molecular weight is 326 g/mol. The van der Waals surface area contributed by atoms with E-state index in [1.165, 1.54) is 0 Å². The first-order valence-electron chi connectivity index (χ1n) is 7.02. The number of halogens is 1. The highest BCUT2D eigenvalue weighted by Gasteiger charge is 2.01. The van der Waals surface area contributed by atoms with Crippen LogP contribution in [0, 0.1) is 0 Å². The Bertz CT molecular complexity index is 521. The Kier molecular flexibility index (Phi) is 8.71. The highest BCUT2D eigenvalue weighted by molar-refractivity contribution is 6.32. The van der Waals surface area contributed by atoms with Crippen molar-refractivity contribution in [3.8, 4) is 0 Å². The lowest BCUT2D eigenvalue weighted by Crippen LogP contribution is -2.33. The molecule has 1 rings (SSSR count). The van der Waals surface area contributed by atoms with E-state index in [1.54, 1.807) is 23.8 Å². The molecule has 7 heteroatoms. The van der Waals surface area contributed by atoms with Crippen LogP contribution in [0.15, 0.2) is 30.5 Å². The van der Waals surface area contributed by atoms with Gasteiger partial charge in [0.05, 0.1) is 0 Å². The molecule has 0 aliphatic carbocycles. The van der Waals surface area contributed by atoms with Crippen molar-refractivity contribution in [2.45, 2.75) is 32.1 Å². The number of hydroxylamine groups is 1. The number of carbonyl (C=O) groups is 2. The number of hydrogen-bond donors (Lipinski definition) is 4.